The van der Waals surface area contributed by atoms with Crippen LogP contribution in [0.1, 0.15) is 36.8 Å². The van der Waals surface area contributed by atoms with Gasteiger partial charge >= 0.3 is 0 Å². The number of methoxy groups -OCH3 is 2. The van der Waals surface area contributed by atoms with E-state index in [1.165, 1.54) is 4.31 Å². The summed E-state index contributed by atoms with van der Waals surface area (Å²) in [5.41, 5.74) is 1.70. The Bertz CT molecular complexity index is 1060. The largest absolute Gasteiger partial charge is 0.497 e. The number of unbranched alkanes of at least 4 members (excludes halogenated alkanes) is 3. The molecule has 0 radical (unpaired) electrons. The van der Waals surface area contributed by atoms with Crippen LogP contribution in [0, 0.1) is 0 Å². The van der Waals surface area contributed by atoms with Gasteiger partial charge in [0.1, 0.15) is 11.5 Å². The highest BCUT2D eigenvalue weighted by atomic mass is 32.2. The minimum absolute atomic E-state index is 0.0323. The van der Waals surface area contributed by atoms with Gasteiger partial charge in [-0.2, -0.15) is 9.40 Å². The molecule has 9 heteroatoms. The SMILES string of the molecule is COc1ccc(CN(Cc2ccc(OC)cc2)S(=O)(=O)c2ccn(CCCCCCO)n2)cc1. The molecule has 3 rings (SSSR count). The summed E-state index contributed by atoms with van der Waals surface area (Å²) in [7, 11) is -0.650. The van der Waals surface area contributed by atoms with E-state index in [1.807, 2.05) is 48.5 Å². The Balaban J connectivity index is 1.79. The average Bonchev–Trinajstić information content (AvgIpc) is 3.34. The molecule has 1 aromatic heterocycles. The molecule has 1 N–H and O–H groups in total. The second kappa shape index (κ2) is 12.5. The fourth-order valence-corrected chi connectivity index (χ4v) is 4.92. The van der Waals surface area contributed by atoms with Crippen LogP contribution in [0.4, 0.5) is 0 Å². The van der Waals surface area contributed by atoms with E-state index < -0.39 is 10.0 Å². The maximum atomic E-state index is 13.6. The molecular formula is C25H33N3O5S. The quantitative estimate of drug-likeness (QED) is 0.347. The van der Waals surface area contributed by atoms with Crippen molar-refractivity contribution in [2.75, 3.05) is 20.8 Å². The van der Waals surface area contributed by atoms with Crippen LogP contribution in [0.15, 0.2) is 65.8 Å². The second-order valence-corrected chi connectivity index (χ2v) is 9.91. The highest BCUT2D eigenvalue weighted by molar-refractivity contribution is 7.89. The monoisotopic (exact) mass is 487 g/mol. The van der Waals surface area contributed by atoms with Gasteiger partial charge < -0.3 is 14.6 Å². The Morgan fingerprint density at radius 1 is 0.824 bits per heavy atom. The summed E-state index contributed by atoms with van der Waals surface area (Å²) in [4.78, 5) is 0. The van der Waals surface area contributed by atoms with Crippen LogP contribution in [0.5, 0.6) is 11.5 Å². The molecule has 0 aliphatic heterocycles. The Kier molecular flexibility index (Phi) is 9.50. The Morgan fingerprint density at radius 2 is 1.35 bits per heavy atom. The first-order valence-corrected chi connectivity index (χ1v) is 12.8. The van der Waals surface area contributed by atoms with E-state index in [4.69, 9.17) is 14.6 Å². The van der Waals surface area contributed by atoms with Crippen LogP contribution in [0.25, 0.3) is 0 Å². The molecule has 0 amide bonds. The Morgan fingerprint density at radius 3 is 1.85 bits per heavy atom. The van der Waals surface area contributed by atoms with Gasteiger partial charge in [-0.05, 0) is 54.3 Å². The lowest BCUT2D eigenvalue weighted by Gasteiger charge is -2.21. The fraction of sp³-hybridized carbons (Fsp3) is 0.400. The summed E-state index contributed by atoms with van der Waals surface area (Å²) >= 11 is 0. The van der Waals surface area contributed by atoms with Gasteiger partial charge in [-0.1, -0.05) is 37.1 Å². The highest BCUT2D eigenvalue weighted by Crippen LogP contribution is 2.22. The lowest BCUT2D eigenvalue weighted by molar-refractivity contribution is 0.282. The summed E-state index contributed by atoms with van der Waals surface area (Å²) in [6.45, 7) is 1.24. The molecule has 3 aromatic rings. The van der Waals surface area contributed by atoms with Gasteiger partial charge in [-0.3, -0.25) is 4.68 Å². The predicted molar refractivity (Wildman–Crippen MR) is 130 cm³/mol. The van der Waals surface area contributed by atoms with Crippen LogP contribution in [0.2, 0.25) is 0 Å². The Hall–Kier alpha value is -2.88. The molecule has 0 fully saturated rings. The number of rotatable bonds is 14. The number of aliphatic hydroxyl groups excluding tert-OH is 1. The van der Waals surface area contributed by atoms with Crippen molar-refractivity contribution in [3.05, 3.63) is 71.9 Å². The van der Waals surface area contributed by atoms with Gasteiger partial charge in [0, 0.05) is 32.4 Å². The van der Waals surface area contributed by atoms with Gasteiger partial charge in [0.05, 0.1) is 14.2 Å². The number of hydrogen-bond acceptors (Lipinski definition) is 6. The van der Waals surface area contributed by atoms with E-state index >= 15 is 0 Å². The van der Waals surface area contributed by atoms with Crippen molar-refractivity contribution in [3.8, 4) is 11.5 Å². The zero-order valence-electron chi connectivity index (χ0n) is 19.8. The summed E-state index contributed by atoms with van der Waals surface area (Å²) < 4.78 is 40.7. The number of aromatic nitrogens is 2. The van der Waals surface area contributed by atoms with Gasteiger partial charge in [-0.25, -0.2) is 8.42 Å². The molecule has 0 aliphatic rings. The maximum Gasteiger partial charge on any atom is 0.262 e. The molecule has 0 spiro atoms. The number of hydrogen-bond donors (Lipinski definition) is 1. The zero-order valence-corrected chi connectivity index (χ0v) is 20.6. The van der Waals surface area contributed by atoms with Gasteiger partial charge in [0.2, 0.25) is 0 Å². The first-order valence-electron chi connectivity index (χ1n) is 11.4. The van der Waals surface area contributed by atoms with Gasteiger partial charge in [0.25, 0.3) is 10.0 Å². The van der Waals surface area contributed by atoms with E-state index in [9.17, 15) is 8.42 Å². The molecule has 0 unspecified atom stereocenters. The van der Waals surface area contributed by atoms with E-state index in [0.717, 1.165) is 36.8 Å². The van der Waals surface area contributed by atoms with Crippen molar-refractivity contribution in [1.29, 1.82) is 0 Å². The standard InChI is InChI=1S/C25H33N3O5S/c1-32-23-11-7-21(8-12-23)19-28(20-22-9-13-24(33-2)14-10-22)34(30,31)25-15-17-27(26-25)16-5-3-4-6-18-29/h7-15,17,29H,3-6,16,18-20H2,1-2H3. The number of aryl methyl sites for hydroxylation is 1. The molecule has 0 aliphatic carbocycles. The highest BCUT2D eigenvalue weighted by Gasteiger charge is 2.27. The van der Waals surface area contributed by atoms with Crippen molar-refractivity contribution in [2.45, 2.75) is 50.3 Å². The Labute approximate surface area is 201 Å². The second-order valence-electron chi connectivity index (χ2n) is 8.02. The smallest absolute Gasteiger partial charge is 0.262 e. The molecule has 0 bridgehead atoms. The summed E-state index contributed by atoms with van der Waals surface area (Å²) in [6.07, 6.45) is 5.27. The number of sulfonamides is 1. The van der Waals surface area contributed by atoms with E-state index in [-0.39, 0.29) is 24.7 Å². The molecule has 1 heterocycles. The maximum absolute atomic E-state index is 13.6. The molecule has 0 saturated heterocycles. The topological polar surface area (TPSA) is 93.9 Å². The summed E-state index contributed by atoms with van der Waals surface area (Å²) in [5.74, 6) is 1.43. The van der Waals surface area contributed by atoms with Crippen LogP contribution < -0.4 is 9.47 Å². The van der Waals surface area contributed by atoms with Gasteiger partial charge in [0.15, 0.2) is 5.03 Å². The number of ether oxygens (including phenoxy) is 2. The van der Waals surface area contributed by atoms with Crippen molar-refractivity contribution < 1.29 is 23.0 Å². The number of benzene rings is 2. The third-order valence-electron chi connectivity index (χ3n) is 5.55. The summed E-state index contributed by atoms with van der Waals surface area (Å²) in [5, 5.41) is 13.3. The molecule has 8 nitrogen and oxygen atoms in total. The fourth-order valence-electron chi connectivity index (χ4n) is 3.57. The minimum Gasteiger partial charge on any atom is -0.497 e. The normalized spacial score (nSPS) is 11.6. The summed E-state index contributed by atoms with van der Waals surface area (Å²) in [6, 6.07) is 16.3. The lowest BCUT2D eigenvalue weighted by Crippen LogP contribution is -2.30. The van der Waals surface area contributed by atoms with Crippen molar-refractivity contribution in [3.63, 3.8) is 0 Å². The first-order chi connectivity index (χ1) is 16.5. The molecule has 184 valence electrons. The zero-order chi connectivity index (χ0) is 24.4. The third kappa shape index (κ3) is 7.06. The minimum atomic E-state index is -3.84. The molecular weight excluding hydrogens is 454 g/mol. The van der Waals surface area contributed by atoms with Crippen LogP contribution in [-0.4, -0.2) is 48.4 Å². The van der Waals surface area contributed by atoms with Crippen LogP contribution >= 0.6 is 0 Å². The lowest BCUT2D eigenvalue weighted by atomic mass is 10.2. The van der Waals surface area contributed by atoms with E-state index in [1.54, 1.807) is 31.2 Å². The number of nitrogens with zero attached hydrogens (tertiary/aromatic N) is 3. The van der Waals surface area contributed by atoms with Crippen molar-refractivity contribution in [2.24, 2.45) is 0 Å². The van der Waals surface area contributed by atoms with Crippen molar-refractivity contribution >= 4 is 10.0 Å². The third-order valence-corrected chi connectivity index (χ3v) is 7.24. The first kappa shape index (κ1) is 25.7. The van der Waals surface area contributed by atoms with Crippen LogP contribution in [0.3, 0.4) is 0 Å². The molecule has 0 saturated carbocycles. The number of aliphatic hydroxyl groups is 1. The van der Waals surface area contributed by atoms with Gasteiger partial charge in [-0.15, -0.1) is 0 Å². The van der Waals surface area contributed by atoms with Crippen LogP contribution in [-0.2, 0) is 29.7 Å². The van der Waals surface area contributed by atoms with Crippen molar-refractivity contribution in [1.82, 2.24) is 14.1 Å². The molecule has 34 heavy (non-hydrogen) atoms. The van der Waals surface area contributed by atoms with E-state index in [2.05, 4.69) is 5.10 Å². The predicted octanol–water partition coefficient (Wildman–Crippen LogP) is 3.84. The molecule has 2 aromatic carbocycles. The molecule has 0 atom stereocenters. The average molecular weight is 488 g/mol. The van der Waals surface area contributed by atoms with E-state index in [0.29, 0.717) is 18.0 Å².